The molecule has 8 rings (SSSR count). The summed E-state index contributed by atoms with van der Waals surface area (Å²) < 4.78 is 15.3. The van der Waals surface area contributed by atoms with E-state index in [2.05, 4.69) is 117 Å². The molecular formula is C40H33BN4O2Pt. The van der Waals surface area contributed by atoms with E-state index in [0.717, 1.165) is 61.5 Å². The summed E-state index contributed by atoms with van der Waals surface area (Å²) in [6.45, 7) is 10.9. The van der Waals surface area contributed by atoms with Crippen LogP contribution in [0.15, 0.2) is 109 Å². The molecule has 238 valence electrons. The van der Waals surface area contributed by atoms with Gasteiger partial charge in [-0.1, -0.05) is 79.9 Å². The second-order valence-electron chi connectivity index (χ2n) is 13.1. The van der Waals surface area contributed by atoms with E-state index in [1.54, 1.807) is 6.20 Å². The summed E-state index contributed by atoms with van der Waals surface area (Å²) in [6, 6.07) is 39.8. The molecule has 1 aliphatic rings. The third-order valence-electron chi connectivity index (χ3n) is 8.88. The fourth-order valence-corrected chi connectivity index (χ4v) is 6.51. The number of benzene rings is 4. The van der Waals surface area contributed by atoms with Gasteiger partial charge < -0.3 is 18.8 Å². The molecule has 0 atom stereocenters. The summed E-state index contributed by atoms with van der Waals surface area (Å²) in [6.07, 6.45) is 3.68. The van der Waals surface area contributed by atoms with Crippen molar-refractivity contribution in [3.63, 3.8) is 0 Å². The first-order valence-electron chi connectivity index (χ1n) is 15.9. The van der Waals surface area contributed by atoms with Gasteiger partial charge in [0.1, 0.15) is 11.6 Å². The van der Waals surface area contributed by atoms with Crippen molar-refractivity contribution in [3.8, 4) is 23.1 Å². The van der Waals surface area contributed by atoms with E-state index < -0.39 is 0 Å². The number of hydrogen-bond donors (Lipinski definition) is 0. The molecule has 0 saturated heterocycles. The normalized spacial score (nSPS) is 12.6. The third-order valence-corrected chi connectivity index (χ3v) is 8.88. The van der Waals surface area contributed by atoms with Crippen LogP contribution in [0, 0.1) is 26.0 Å². The number of anilines is 2. The maximum absolute atomic E-state index is 6.60. The van der Waals surface area contributed by atoms with Gasteiger partial charge >= 0.3 is 28.1 Å². The van der Waals surface area contributed by atoms with Gasteiger partial charge in [-0.05, 0) is 71.7 Å². The SMILES string of the molecule is Cc1cccc(C)c1B1Oc2ccc(Oc3[c-]c4c(cc3)c3ccccc3n4-c3cc(C(C)(C)C)ccn3)[c-]c2N1c1ccccn1.[Pt+2]. The molecule has 0 radical (unpaired) electrons. The summed E-state index contributed by atoms with van der Waals surface area (Å²) >= 11 is 0. The topological polar surface area (TPSA) is 52.4 Å². The van der Waals surface area contributed by atoms with Gasteiger partial charge in [-0.25, -0.2) is 9.97 Å². The Kier molecular flexibility index (Phi) is 8.13. The fourth-order valence-electron chi connectivity index (χ4n) is 6.51. The second-order valence-corrected chi connectivity index (χ2v) is 13.1. The molecule has 4 heterocycles. The largest absolute Gasteiger partial charge is 2.00 e. The van der Waals surface area contributed by atoms with Crippen molar-refractivity contribution in [1.29, 1.82) is 0 Å². The molecule has 0 unspecified atom stereocenters. The van der Waals surface area contributed by atoms with E-state index in [0.29, 0.717) is 11.5 Å². The number of pyridine rings is 2. The zero-order valence-electron chi connectivity index (χ0n) is 27.4. The Morgan fingerprint density at radius 3 is 2.23 bits per heavy atom. The van der Waals surface area contributed by atoms with Crippen LogP contribution in [-0.2, 0) is 26.5 Å². The molecule has 0 bridgehead atoms. The monoisotopic (exact) mass is 807 g/mol. The van der Waals surface area contributed by atoms with Crippen LogP contribution in [0.1, 0.15) is 37.5 Å². The minimum atomic E-state index is -0.386. The van der Waals surface area contributed by atoms with Gasteiger partial charge in [-0.15, -0.1) is 35.7 Å². The number of hydrogen-bond acceptors (Lipinski definition) is 5. The van der Waals surface area contributed by atoms with Gasteiger partial charge in [0.2, 0.25) is 0 Å². The molecule has 1 aliphatic heterocycles. The Labute approximate surface area is 295 Å². The number of para-hydroxylation sites is 1. The second kappa shape index (κ2) is 12.3. The van der Waals surface area contributed by atoms with Crippen molar-refractivity contribution < 1.29 is 30.5 Å². The number of aryl methyl sites for hydroxylation is 2. The van der Waals surface area contributed by atoms with Gasteiger partial charge in [0.05, 0.1) is 0 Å². The van der Waals surface area contributed by atoms with Crippen molar-refractivity contribution in [1.82, 2.24) is 14.5 Å². The molecule has 0 fully saturated rings. The van der Waals surface area contributed by atoms with Gasteiger partial charge in [0.25, 0.3) is 0 Å². The molecule has 0 N–H and O–H groups in total. The fraction of sp³-hybridized carbons (Fsp3) is 0.150. The van der Waals surface area contributed by atoms with E-state index in [-0.39, 0.29) is 33.5 Å². The van der Waals surface area contributed by atoms with Gasteiger partial charge in [-0.2, -0.15) is 6.07 Å². The zero-order valence-corrected chi connectivity index (χ0v) is 29.7. The number of aromatic nitrogens is 3. The van der Waals surface area contributed by atoms with Crippen LogP contribution >= 0.6 is 0 Å². The Morgan fingerprint density at radius 1 is 0.729 bits per heavy atom. The van der Waals surface area contributed by atoms with E-state index >= 15 is 0 Å². The molecule has 7 aromatic rings. The summed E-state index contributed by atoms with van der Waals surface area (Å²) in [7, 11) is -0.386. The minimum Gasteiger partial charge on any atom is -0.599 e. The first kappa shape index (κ1) is 31.7. The standard InChI is InChI=1S/C40H33BN4O2.Pt/c1-26-11-10-12-27(2)39(26)41-45(37-15-8-9-21-42-37)35-25-30(17-19-36(35)47-41)46-29-16-18-32-31-13-6-7-14-33(31)44(34(32)24-29)38-23-28(20-22-43-38)40(3,4)5;/h6-23H,1-5H3;/q-2;+2. The molecule has 0 aliphatic carbocycles. The van der Waals surface area contributed by atoms with Crippen molar-refractivity contribution in [2.75, 3.05) is 4.81 Å². The van der Waals surface area contributed by atoms with Crippen molar-refractivity contribution in [2.24, 2.45) is 0 Å². The van der Waals surface area contributed by atoms with E-state index in [9.17, 15) is 0 Å². The predicted octanol–water partition coefficient (Wildman–Crippen LogP) is 8.80. The Hall–Kier alpha value is -4.87. The van der Waals surface area contributed by atoms with E-state index in [1.165, 1.54) is 5.56 Å². The Morgan fingerprint density at radius 2 is 1.46 bits per heavy atom. The molecule has 0 spiro atoms. The number of nitrogens with zero attached hydrogens (tertiary/aromatic N) is 4. The average Bonchev–Trinajstić information content (AvgIpc) is 3.60. The molecule has 8 heteroatoms. The molecule has 48 heavy (non-hydrogen) atoms. The maximum atomic E-state index is 6.60. The van der Waals surface area contributed by atoms with Crippen LogP contribution in [0.2, 0.25) is 0 Å². The molecule has 4 aromatic carbocycles. The molecular weight excluding hydrogens is 774 g/mol. The van der Waals surface area contributed by atoms with E-state index in [1.807, 2.05) is 42.6 Å². The summed E-state index contributed by atoms with van der Waals surface area (Å²) in [5.74, 6) is 3.48. The first-order chi connectivity index (χ1) is 22.8. The average molecular weight is 808 g/mol. The van der Waals surface area contributed by atoms with Crippen LogP contribution in [0.3, 0.4) is 0 Å². The molecule has 0 amide bonds. The third kappa shape index (κ3) is 5.46. The zero-order chi connectivity index (χ0) is 32.3. The number of ether oxygens (including phenoxy) is 1. The smallest absolute Gasteiger partial charge is 0.599 e. The Balaban J connectivity index is 0.00000364. The Bertz CT molecular complexity index is 2280. The van der Waals surface area contributed by atoms with Crippen molar-refractivity contribution in [2.45, 2.75) is 40.0 Å². The molecule has 3 aromatic heterocycles. The van der Waals surface area contributed by atoms with Crippen LogP contribution in [0.4, 0.5) is 11.5 Å². The number of fused-ring (bicyclic) bond motifs is 4. The minimum absolute atomic E-state index is 0. The van der Waals surface area contributed by atoms with Gasteiger partial charge in [0.15, 0.2) is 0 Å². The quantitative estimate of drug-likeness (QED) is 0.129. The first-order valence-corrected chi connectivity index (χ1v) is 15.9. The molecule has 6 nitrogen and oxygen atoms in total. The summed E-state index contributed by atoms with van der Waals surface area (Å²) in [4.78, 5) is 11.6. The molecule has 0 saturated carbocycles. The van der Waals surface area contributed by atoms with Crippen LogP contribution in [0.5, 0.6) is 17.2 Å². The maximum Gasteiger partial charge on any atom is 2.00 e. The summed E-state index contributed by atoms with van der Waals surface area (Å²) in [5.41, 5.74) is 7.36. The summed E-state index contributed by atoms with van der Waals surface area (Å²) in [5, 5.41) is 2.22. The van der Waals surface area contributed by atoms with E-state index in [4.69, 9.17) is 19.4 Å². The van der Waals surface area contributed by atoms with Crippen LogP contribution in [-0.4, -0.2) is 21.6 Å². The van der Waals surface area contributed by atoms with Crippen LogP contribution in [0.25, 0.3) is 27.6 Å². The predicted molar refractivity (Wildman–Crippen MR) is 190 cm³/mol. The van der Waals surface area contributed by atoms with Crippen molar-refractivity contribution >= 4 is 45.8 Å². The van der Waals surface area contributed by atoms with Gasteiger partial charge in [-0.3, -0.25) is 0 Å². The number of rotatable bonds is 5. The van der Waals surface area contributed by atoms with Gasteiger partial charge in [0, 0.05) is 35.2 Å². The van der Waals surface area contributed by atoms with Crippen molar-refractivity contribution in [3.05, 3.63) is 138 Å². The van der Waals surface area contributed by atoms with Crippen LogP contribution < -0.4 is 19.7 Å².